The fourth-order valence-electron chi connectivity index (χ4n) is 2.58. The van der Waals surface area contributed by atoms with E-state index < -0.39 is 15.8 Å². The summed E-state index contributed by atoms with van der Waals surface area (Å²) < 4.78 is 25.2. The number of hydrogen-bond donors (Lipinski definition) is 1. The van der Waals surface area contributed by atoms with Crippen LogP contribution in [0, 0.1) is 0 Å². The molecule has 0 atom stereocenters. The molecule has 6 nitrogen and oxygen atoms in total. The van der Waals surface area contributed by atoms with Crippen LogP contribution in [0.5, 0.6) is 0 Å². The molecule has 30 heavy (non-hydrogen) atoms. The van der Waals surface area contributed by atoms with Crippen molar-refractivity contribution in [2.24, 2.45) is 10.9 Å². The molecule has 3 aromatic rings. The van der Waals surface area contributed by atoms with E-state index in [9.17, 15) is 13.2 Å². The number of nitrogens with two attached hydrogens (primary N) is 1. The molecule has 0 amide bonds. The summed E-state index contributed by atoms with van der Waals surface area (Å²) >= 11 is 11.8. The van der Waals surface area contributed by atoms with Crippen molar-refractivity contribution in [2.75, 3.05) is 0 Å². The molecule has 3 aromatic carbocycles. The molecule has 0 saturated carbocycles. The van der Waals surface area contributed by atoms with Crippen molar-refractivity contribution in [3.05, 3.63) is 99.5 Å². The molecule has 0 spiro atoms. The first-order chi connectivity index (χ1) is 14.3. The second-order valence-electron chi connectivity index (χ2n) is 6.25. The second kappa shape index (κ2) is 9.30. The average molecular weight is 463 g/mol. The minimum atomic E-state index is -3.58. The third-order valence-electron chi connectivity index (χ3n) is 4.07. The molecule has 3 rings (SSSR count). The van der Waals surface area contributed by atoms with Crippen LogP contribution < -0.4 is 5.73 Å². The molecule has 0 unspecified atom stereocenters. The third-order valence-corrected chi connectivity index (χ3v) is 6.36. The van der Waals surface area contributed by atoms with Crippen molar-refractivity contribution < 1.29 is 18.0 Å². The van der Waals surface area contributed by atoms with E-state index in [4.69, 9.17) is 33.8 Å². The van der Waals surface area contributed by atoms with E-state index in [1.165, 1.54) is 30.3 Å². The van der Waals surface area contributed by atoms with Crippen LogP contribution in [0.25, 0.3) is 0 Å². The molecule has 0 aliphatic heterocycles. The third kappa shape index (κ3) is 5.38. The fraction of sp³-hybridized carbons (Fsp3) is 0.0476. The zero-order chi connectivity index (χ0) is 21.7. The summed E-state index contributed by atoms with van der Waals surface area (Å²) in [5.74, 6) is -1.08. The number of sulfone groups is 1. The Morgan fingerprint density at radius 1 is 0.967 bits per heavy atom. The van der Waals surface area contributed by atoms with Gasteiger partial charge in [-0.1, -0.05) is 58.7 Å². The molecule has 0 aliphatic rings. The summed E-state index contributed by atoms with van der Waals surface area (Å²) in [5, 5.41) is 4.32. The van der Waals surface area contributed by atoms with Gasteiger partial charge in [-0.3, -0.25) is 0 Å². The maximum absolute atomic E-state index is 12.6. The first-order valence-electron chi connectivity index (χ1n) is 8.63. The Hall–Kier alpha value is -2.87. The van der Waals surface area contributed by atoms with Crippen LogP contribution in [0.3, 0.4) is 0 Å². The normalized spacial score (nSPS) is 11.9. The molecule has 9 heteroatoms. The number of amidine groups is 1. The van der Waals surface area contributed by atoms with Gasteiger partial charge in [0.05, 0.1) is 21.2 Å². The fourth-order valence-corrected chi connectivity index (χ4v) is 4.26. The number of nitrogens with zero attached hydrogens (tertiary/aromatic N) is 1. The van der Waals surface area contributed by atoms with Crippen LogP contribution in [-0.4, -0.2) is 20.2 Å². The van der Waals surface area contributed by atoms with Gasteiger partial charge in [-0.15, -0.1) is 0 Å². The molecule has 154 valence electrons. The van der Waals surface area contributed by atoms with E-state index in [-0.39, 0.29) is 27.1 Å². The van der Waals surface area contributed by atoms with Gasteiger partial charge in [0.1, 0.15) is 0 Å². The Balaban J connectivity index is 1.76. The van der Waals surface area contributed by atoms with E-state index in [2.05, 4.69) is 5.16 Å². The topological polar surface area (TPSA) is 98.8 Å². The highest BCUT2D eigenvalue weighted by Gasteiger charge is 2.16. The summed E-state index contributed by atoms with van der Waals surface area (Å²) in [7, 11) is -3.58. The van der Waals surface area contributed by atoms with Gasteiger partial charge in [0.25, 0.3) is 0 Å². The minimum absolute atomic E-state index is 0.0823. The van der Waals surface area contributed by atoms with Gasteiger partial charge in [0.2, 0.25) is 0 Å². The summed E-state index contributed by atoms with van der Waals surface area (Å²) in [4.78, 5) is 17.1. The SMILES string of the molecule is N/C(=N/OC(=O)c1ccccc1Cl)c1cccc(CS(=O)(=O)c2ccc(Cl)cc2)c1. The van der Waals surface area contributed by atoms with E-state index in [0.29, 0.717) is 16.1 Å². The number of rotatable bonds is 6. The smallest absolute Gasteiger partial charge is 0.367 e. The van der Waals surface area contributed by atoms with E-state index in [0.717, 1.165) is 0 Å². The number of hydrogen-bond acceptors (Lipinski definition) is 5. The largest absolute Gasteiger partial charge is 0.380 e. The Bertz CT molecular complexity index is 1210. The summed E-state index contributed by atoms with van der Waals surface area (Å²) in [6, 6.07) is 18.8. The van der Waals surface area contributed by atoms with Gasteiger partial charge >= 0.3 is 5.97 Å². The molecule has 0 aromatic heterocycles. The highest BCUT2D eigenvalue weighted by Crippen LogP contribution is 2.20. The van der Waals surface area contributed by atoms with Crippen LogP contribution in [0.2, 0.25) is 10.0 Å². The van der Waals surface area contributed by atoms with Crippen LogP contribution in [0.4, 0.5) is 0 Å². The lowest BCUT2D eigenvalue weighted by Crippen LogP contribution is -2.16. The molecule has 2 N–H and O–H groups in total. The number of halogens is 2. The van der Waals surface area contributed by atoms with Crippen molar-refractivity contribution in [3.8, 4) is 0 Å². The van der Waals surface area contributed by atoms with Gasteiger partial charge in [0.15, 0.2) is 15.7 Å². The number of carbonyl (C=O) groups is 1. The molecule has 0 heterocycles. The van der Waals surface area contributed by atoms with Gasteiger partial charge < -0.3 is 10.6 Å². The van der Waals surface area contributed by atoms with E-state index in [1.807, 2.05) is 0 Å². The summed E-state index contributed by atoms with van der Waals surface area (Å²) in [6.45, 7) is 0. The molecule has 0 fully saturated rings. The maximum Gasteiger partial charge on any atom is 0.367 e. The quantitative estimate of drug-likeness (QED) is 0.252. The summed E-state index contributed by atoms with van der Waals surface area (Å²) in [6.07, 6.45) is 0. The lowest BCUT2D eigenvalue weighted by atomic mass is 10.1. The zero-order valence-corrected chi connectivity index (χ0v) is 17.8. The van der Waals surface area contributed by atoms with Crippen LogP contribution in [-0.2, 0) is 20.4 Å². The highest BCUT2D eigenvalue weighted by atomic mass is 35.5. The molecular formula is C21H16Cl2N2O4S. The number of oxime groups is 1. The van der Waals surface area contributed by atoms with Gasteiger partial charge in [-0.05, 0) is 48.0 Å². The predicted octanol–water partition coefficient (Wildman–Crippen LogP) is 4.44. The van der Waals surface area contributed by atoms with Crippen molar-refractivity contribution in [3.63, 3.8) is 0 Å². The van der Waals surface area contributed by atoms with E-state index >= 15 is 0 Å². The zero-order valence-electron chi connectivity index (χ0n) is 15.5. The minimum Gasteiger partial charge on any atom is -0.380 e. The first kappa shape index (κ1) is 21.8. The first-order valence-corrected chi connectivity index (χ1v) is 11.0. The Labute approximate surface area is 183 Å². The average Bonchev–Trinajstić information content (AvgIpc) is 2.72. The molecule has 0 aliphatic carbocycles. The lowest BCUT2D eigenvalue weighted by molar-refractivity contribution is 0.0516. The van der Waals surface area contributed by atoms with Gasteiger partial charge in [-0.2, -0.15) is 0 Å². The van der Waals surface area contributed by atoms with Gasteiger partial charge in [-0.25, -0.2) is 13.2 Å². The van der Waals surface area contributed by atoms with Crippen LogP contribution in [0.15, 0.2) is 82.8 Å². The monoisotopic (exact) mass is 462 g/mol. The standard InChI is InChI=1S/C21H16Cl2N2O4S/c22-16-8-10-17(11-9-16)30(27,28)13-14-4-3-5-15(12-14)20(24)25-29-21(26)18-6-1-2-7-19(18)23/h1-12H,13H2,(H2,24,25). The van der Waals surface area contributed by atoms with Crippen molar-refractivity contribution in [1.29, 1.82) is 0 Å². The van der Waals surface area contributed by atoms with Crippen molar-refractivity contribution in [2.45, 2.75) is 10.6 Å². The molecule has 0 bridgehead atoms. The Morgan fingerprint density at radius 2 is 1.67 bits per heavy atom. The number of benzene rings is 3. The molecule has 0 saturated heterocycles. The van der Waals surface area contributed by atoms with Gasteiger partial charge in [0, 0.05) is 10.6 Å². The lowest BCUT2D eigenvalue weighted by Gasteiger charge is -2.07. The maximum atomic E-state index is 12.6. The Kier molecular flexibility index (Phi) is 6.77. The second-order valence-corrected chi connectivity index (χ2v) is 9.08. The van der Waals surface area contributed by atoms with Crippen LogP contribution in [0.1, 0.15) is 21.5 Å². The Morgan fingerprint density at radius 3 is 2.37 bits per heavy atom. The highest BCUT2D eigenvalue weighted by molar-refractivity contribution is 7.90. The summed E-state index contributed by atoms with van der Waals surface area (Å²) in [5.41, 5.74) is 6.95. The number of carbonyl (C=O) groups excluding carboxylic acids is 1. The van der Waals surface area contributed by atoms with Crippen LogP contribution >= 0.6 is 23.2 Å². The molecular weight excluding hydrogens is 447 g/mol. The predicted molar refractivity (Wildman–Crippen MR) is 116 cm³/mol. The van der Waals surface area contributed by atoms with Crippen molar-refractivity contribution >= 4 is 44.8 Å². The molecule has 0 radical (unpaired) electrons. The van der Waals surface area contributed by atoms with E-state index in [1.54, 1.807) is 42.5 Å². The van der Waals surface area contributed by atoms with Crippen molar-refractivity contribution in [1.82, 2.24) is 0 Å².